The molecule has 1 fully saturated rings. The molecule has 0 atom stereocenters. The number of para-hydroxylation sites is 1. The molecule has 0 spiro atoms. The number of hydrogen-bond acceptors (Lipinski definition) is 4. The number of halogens is 3. The summed E-state index contributed by atoms with van der Waals surface area (Å²) in [5.41, 5.74) is -0.582. The van der Waals surface area contributed by atoms with Crippen molar-refractivity contribution in [2.75, 3.05) is 25.6 Å². The molecule has 0 aromatic heterocycles. The van der Waals surface area contributed by atoms with Gasteiger partial charge in [-0.15, -0.1) is 0 Å². The Morgan fingerprint density at radius 3 is 2.29 bits per heavy atom. The first-order valence-electron chi connectivity index (χ1n) is 6.38. The maximum atomic E-state index is 11.5. The minimum absolute atomic E-state index is 0.160. The highest BCUT2D eigenvalue weighted by Crippen LogP contribution is 2.37. The molecule has 2 rings (SSSR count). The standard InChI is InChI=1S/C13H15Cl3O4S/c14-10-2-1-3-11(15)12(10)20-8-13(9-21(16,17)18)4-6-19-7-5-13/h1-3H,4-9H2. The molecule has 0 amide bonds. The van der Waals surface area contributed by atoms with Crippen LogP contribution in [0.2, 0.25) is 10.0 Å². The van der Waals surface area contributed by atoms with E-state index in [1.807, 2.05) is 0 Å². The lowest BCUT2D eigenvalue weighted by Crippen LogP contribution is -2.40. The molecule has 21 heavy (non-hydrogen) atoms. The summed E-state index contributed by atoms with van der Waals surface area (Å²) in [6, 6.07) is 5.04. The average molecular weight is 374 g/mol. The molecule has 1 aromatic rings. The van der Waals surface area contributed by atoms with Crippen LogP contribution in [0, 0.1) is 5.41 Å². The zero-order valence-corrected chi connectivity index (χ0v) is 14.2. The van der Waals surface area contributed by atoms with Crippen LogP contribution < -0.4 is 4.74 Å². The number of hydrogen-bond donors (Lipinski definition) is 0. The topological polar surface area (TPSA) is 52.6 Å². The molecule has 0 bridgehead atoms. The van der Waals surface area contributed by atoms with Crippen LogP contribution in [0.15, 0.2) is 18.2 Å². The first-order valence-corrected chi connectivity index (χ1v) is 9.62. The maximum absolute atomic E-state index is 11.5. The van der Waals surface area contributed by atoms with Crippen LogP contribution in [-0.4, -0.2) is 34.0 Å². The minimum Gasteiger partial charge on any atom is -0.490 e. The second-order valence-electron chi connectivity index (χ2n) is 5.14. The van der Waals surface area contributed by atoms with Crippen molar-refractivity contribution >= 4 is 42.9 Å². The van der Waals surface area contributed by atoms with Gasteiger partial charge in [-0.2, -0.15) is 0 Å². The van der Waals surface area contributed by atoms with Gasteiger partial charge in [0, 0.05) is 29.3 Å². The molecule has 1 saturated heterocycles. The first kappa shape index (κ1) is 17.2. The van der Waals surface area contributed by atoms with Gasteiger partial charge in [0.2, 0.25) is 9.05 Å². The Hall–Kier alpha value is -0.200. The Morgan fingerprint density at radius 1 is 1.19 bits per heavy atom. The number of rotatable bonds is 5. The highest BCUT2D eigenvalue weighted by Gasteiger charge is 2.38. The van der Waals surface area contributed by atoms with Crippen molar-refractivity contribution in [2.24, 2.45) is 5.41 Å². The van der Waals surface area contributed by atoms with Crippen LogP contribution >= 0.6 is 33.9 Å². The number of ether oxygens (including phenoxy) is 2. The zero-order valence-electron chi connectivity index (χ0n) is 11.1. The van der Waals surface area contributed by atoms with Crippen molar-refractivity contribution in [3.05, 3.63) is 28.2 Å². The largest absolute Gasteiger partial charge is 0.490 e. The molecule has 0 radical (unpaired) electrons. The van der Waals surface area contributed by atoms with Gasteiger partial charge < -0.3 is 9.47 Å². The molecule has 0 saturated carbocycles. The van der Waals surface area contributed by atoms with Crippen molar-refractivity contribution < 1.29 is 17.9 Å². The zero-order chi connectivity index (χ0) is 15.5. The van der Waals surface area contributed by atoms with Crippen molar-refractivity contribution in [3.63, 3.8) is 0 Å². The Labute approximate surface area is 138 Å². The fraction of sp³-hybridized carbons (Fsp3) is 0.538. The summed E-state index contributed by atoms with van der Waals surface area (Å²) < 4.78 is 33.9. The Balaban J connectivity index is 2.16. The quantitative estimate of drug-likeness (QED) is 0.738. The van der Waals surface area contributed by atoms with Crippen LogP contribution in [0.5, 0.6) is 5.75 Å². The number of benzene rings is 1. The molecule has 1 aliphatic heterocycles. The summed E-state index contributed by atoms with van der Waals surface area (Å²) in [4.78, 5) is 0. The third kappa shape index (κ3) is 4.89. The normalized spacial score (nSPS) is 18.4. The van der Waals surface area contributed by atoms with Gasteiger partial charge in [0.05, 0.1) is 22.4 Å². The third-order valence-corrected chi connectivity index (χ3v) is 5.35. The van der Waals surface area contributed by atoms with E-state index < -0.39 is 14.5 Å². The van der Waals surface area contributed by atoms with E-state index >= 15 is 0 Å². The summed E-state index contributed by atoms with van der Waals surface area (Å²) in [5.74, 6) is 0.200. The lowest BCUT2D eigenvalue weighted by Gasteiger charge is -2.35. The highest BCUT2D eigenvalue weighted by molar-refractivity contribution is 8.13. The van der Waals surface area contributed by atoms with E-state index in [0.29, 0.717) is 41.9 Å². The van der Waals surface area contributed by atoms with E-state index in [1.165, 1.54) is 0 Å². The summed E-state index contributed by atoms with van der Waals surface area (Å²) >= 11 is 12.1. The van der Waals surface area contributed by atoms with Gasteiger partial charge in [0.1, 0.15) is 0 Å². The molecule has 1 aromatic carbocycles. The maximum Gasteiger partial charge on any atom is 0.233 e. The van der Waals surface area contributed by atoms with Gasteiger partial charge in [-0.3, -0.25) is 0 Å². The van der Waals surface area contributed by atoms with Crippen molar-refractivity contribution in [1.82, 2.24) is 0 Å². The predicted molar refractivity (Wildman–Crippen MR) is 84.1 cm³/mol. The smallest absolute Gasteiger partial charge is 0.233 e. The van der Waals surface area contributed by atoms with Crippen molar-refractivity contribution in [1.29, 1.82) is 0 Å². The summed E-state index contributed by atoms with van der Waals surface area (Å²) in [7, 11) is 1.79. The van der Waals surface area contributed by atoms with E-state index in [2.05, 4.69) is 0 Å². The molecular formula is C13H15Cl3O4S. The molecule has 1 aliphatic rings. The summed E-state index contributed by atoms with van der Waals surface area (Å²) in [6.45, 7) is 1.13. The van der Waals surface area contributed by atoms with Gasteiger partial charge >= 0.3 is 0 Å². The average Bonchev–Trinajstić information content (AvgIpc) is 2.37. The van der Waals surface area contributed by atoms with Gasteiger partial charge in [-0.05, 0) is 25.0 Å². The van der Waals surface area contributed by atoms with Gasteiger partial charge in [0.15, 0.2) is 5.75 Å². The van der Waals surface area contributed by atoms with Crippen molar-refractivity contribution in [3.8, 4) is 5.75 Å². The Bertz CT molecular complexity index is 577. The van der Waals surface area contributed by atoms with Crippen LogP contribution in [0.4, 0.5) is 0 Å². The third-order valence-electron chi connectivity index (χ3n) is 3.47. The second-order valence-corrected chi connectivity index (χ2v) is 8.73. The predicted octanol–water partition coefficient (Wildman–Crippen LogP) is 3.74. The molecule has 0 aliphatic carbocycles. The van der Waals surface area contributed by atoms with Crippen LogP contribution in [0.25, 0.3) is 0 Å². The fourth-order valence-electron chi connectivity index (χ4n) is 2.35. The first-order chi connectivity index (χ1) is 9.81. The van der Waals surface area contributed by atoms with Crippen LogP contribution in [0.3, 0.4) is 0 Å². The van der Waals surface area contributed by atoms with E-state index in [-0.39, 0.29) is 12.4 Å². The van der Waals surface area contributed by atoms with Crippen LogP contribution in [0.1, 0.15) is 12.8 Å². The lowest BCUT2D eigenvalue weighted by molar-refractivity contribution is 0.00232. The fourth-order valence-corrected chi connectivity index (χ4v) is 4.65. The molecule has 118 valence electrons. The second kappa shape index (κ2) is 6.92. The highest BCUT2D eigenvalue weighted by atomic mass is 35.7. The monoisotopic (exact) mass is 372 g/mol. The Morgan fingerprint density at radius 2 is 1.76 bits per heavy atom. The van der Waals surface area contributed by atoms with E-state index in [4.69, 9.17) is 43.4 Å². The van der Waals surface area contributed by atoms with E-state index in [9.17, 15) is 8.42 Å². The molecule has 8 heteroatoms. The molecule has 0 N–H and O–H groups in total. The molecule has 1 heterocycles. The lowest BCUT2D eigenvalue weighted by atomic mass is 9.83. The molecule has 4 nitrogen and oxygen atoms in total. The van der Waals surface area contributed by atoms with Gasteiger partial charge in [-0.25, -0.2) is 8.42 Å². The van der Waals surface area contributed by atoms with Crippen molar-refractivity contribution in [2.45, 2.75) is 12.8 Å². The van der Waals surface area contributed by atoms with Gasteiger partial charge in [0.25, 0.3) is 0 Å². The van der Waals surface area contributed by atoms with Gasteiger partial charge in [-0.1, -0.05) is 29.3 Å². The van der Waals surface area contributed by atoms with E-state index in [1.54, 1.807) is 18.2 Å². The SMILES string of the molecule is O=S(=O)(Cl)CC1(COc2c(Cl)cccc2Cl)CCOCC1. The Kier molecular flexibility index (Phi) is 5.65. The molecular weight excluding hydrogens is 359 g/mol. The minimum atomic E-state index is -3.64. The van der Waals surface area contributed by atoms with E-state index in [0.717, 1.165) is 0 Å². The molecule has 0 unspecified atom stereocenters. The van der Waals surface area contributed by atoms with Crippen LogP contribution in [-0.2, 0) is 13.8 Å². The summed E-state index contributed by atoms with van der Waals surface area (Å²) in [5, 5.41) is 0.775. The summed E-state index contributed by atoms with van der Waals surface area (Å²) in [6.07, 6.45) is 1.11.